The van der Waals surface area contributed by atoms with Crippen molar-refractivity contribution >= 4 is 5.91 Å². The predicted octanol–water partition coefficient (Wildman–Crippen LogP) is 3.52. The summed E-state index contributed by atoms with van der Waals surface area (Å²) in [5.41, 5.74) is 4.94. The van der Waals surface area contributed by atoms with E-state index in [1.165, 1.54) is 16.7 Å². The maximum Gasteiger partial charge on any atom is 0.225 e. The molecular weight excluding hydrogens is 272 g/mol. The molecule has 0 aliphatic carbocycles. The number of hydrogen-bond donors (Lipinski definition) is 0. The molecule has 0 spiro atoms. The van der Waals surface area contributed by atoms with E-state index in [4.69, 9.17) is 0 Å². The average Bonchev–Trinajstić information content (AvgIpc) is 2.53. The lowest BCUT2D eigenvalue weighted by molar-refractivity contribution is -0.136. The van der Waals surface area contributed by atoms with Gasteiger partial charge in [-0.15, -0.1) is 0 Å². The quantitative estimate of drug-likeness (QED) is 0.849. The van der Waals surface area contributed by atoms with Crippen LogP contribution in [0.2, 0.25) is 0 Å². The van der Waals surface area contributed by atoms with Crippen molar-refractivity contribution < 1.29 is 4.79 Å². The van der Waals surface area contributed by atoms with Gasteiger partial charge in [-0.1, -0.05) is 43.7 Å². The van der Waals surface area contributed by atoms with Gasteiger partial charge in [-0.3, -0.25) is 9.78 Å². The van der Waals surface area contributed by atoms with Gasteiger partial charge in [-0.25, -0.2) is 0 Å². The van der Waals surface area contributed by atoms with Crippen molar-refractivity contribution in [3.63, 3.8) is 0 Å². The molecule has 0 saturated heterocycles. The van der Waals surface area contributed by atoms with E-state index in [1.807, 2.05) is 31.0 Å². The molecule has 1 aliphatic rings. The minimum Gasteiger partial charge on any atom is -0.331 e. The Balaban J connectivity index is 2.11. The van der Waals surface area contributed by atoms with Crippen LogP contribution in [0.5, 0.6) is 0 Å². The summed E-state index contributed by atoms with van der Waals surface area (Å²) in [6, 6.07) is 10.5. The van der Waals surface area contributed by atoms with Crippen molar-refractivity contribution in [2.45, 2.75) is 33.2 Å². The molecule has 3 rings (SSSR count). The molecule has 1 amide bonds. The van der Waals surface area contributed by atoms with E-state index in [0.29, 0.717) is 0 Å². The van der Waals surface area contributed by atoms with Gasteiger partial charge >= 0.3 is 0 Å². The van der Waals surface area contributed by atoms with Crippen LogP contribution in [0.3, 0.4) is 0 Å². The highest BCUT2D eigenvalue weighted by Crippen LogP contribution is 2.36. The molecule has 114 valence electrons. The Kier molecular flexibility index (Phi) is 3.97. The van der Waals surface area contributed by atoms with Crippen LogP contribution in [-0.2, 0) is 11.2 Å². The molecule has 1 aromatic heterocycles. The van der Waals surface area contributed by atoms with Crippen molar-refractivity contribution in [3.05, 3.63) is 65.0 Å². The maximum absolute atomic E-state index is 12.7. The van der Waals surface area contributed by atoms with Gasteiger partial charge in [0.05, 0.1) is 6.04 Å². The first-order chi connectivity index (χ1) is 10.6. The van der Waals surface area contributed by atoms with Crippen LogP contribution < -0.4 is 0 Å². The summed E-state index contributed by atoms with van der Waals surface area (Å²) >= 11 is 0. The largest absolute Gasteiger partial charge is 0.331 e. The second kappa shape index (κ2) is 5.91. The van der Waals surface area contributed by atoms with E-state index in [2.05, 4.69) is 36.2 Å². The number of fused-ring (bicyclic) bond motifs is 1. The average molecular weight is 294 g/mol. The predicted molar refractivity (Wildman–Crippen MR) is 87.5 cm³/mol. The monoisotopic (exact) mass is 294 g/mol. The van der Waals surface area contributed by atoms with E-state index in [-0.39, 0.29) is 17.9 Å². The lowest BCUT2D eigenvalue weighted by Crippen LogP contribution is -2.42. The van der Waals surface area contributed by atoms with Crippen LogP contribution in [0, 0.1) is 12.8 Å². The number of pyridine rings is 1. The molecule has 3 heteroatoms. The molecule has 1 atom stereocenters. The third-order valence-corrected chi connectivity index (χ3v) is 4.30. The number of aromatic nitrogens is 1. The number of aryl methyl sites for hydroxylation is 1. The highest BCUT2D eigenvalue weighted by Gasteiger charge is 2.32. The summed E-state index contributed by atoms with van der Waals surface area (Å²) in [5, 5.41) is 0. The Labute approximate surface area is 132 Å². The van der Waals surface area contributed by atoms with Crippen LogP contribution in [0.25, 0.3) is 0 Å². The minimum absolute atomic E-state index is 0.00571. The Morgan fingerprint density at radius 1 is 1.32 bits per heavy atom. The van der Waals surface area contributed by atoms with E-state index in [0.717, 1.165) is 18.5 Å². The minimum atomic E-state index is -0.0204. The molecule has 2 heterocycles. The first kappa shape index (κ1) is 14.8. The lowest BCUT2D eigenvalue weighted by Gasteiger charge is -2.38. The van der Waals surface area contributed by atoms with Gasteiger partial charge in [-0.05, 0) is 36.1 Å². The molecule has 1 aromatic carbocycles. The van der Waals surface area contributed by atoms with Gasteiger partial charge in [0, 0.05) is 24.9 Å². The maximum atomic E-state index is 12.7. The first-order valence-electron chi connectivity index (χ1n) is 7.87. The summed E-state index contributed by atoms with van der Waals surface area (Å²) in [5.74, 6) is 0.214. The molecule has 3 nitrogen and oxygen atoms in total. The van der Waals surface area contributed by atoms with Crippen molar-refractivity contribution in [1.29, 1.82) is 0 Å². The first-order valence-corrected chi connectivity index (χ1v) is 7.87. The highest BCUT2D eigenvalue weighted by molar-refractivity contribution is 5.79. The van der Waals surface area contributed by atoms with Crippen LogP contribution in [-0.4, -0.2) is 22.3 Å². The topological polar surface area (TPSA) is 33.2 Å². The van der Waals surface area contributed by atoms with Gasteiger partial charge in [-0.2, -0.15) is 0 Å². The number of hydrogen-bond acceptors (Lipinski definition) is 2. The molecule has 1 unspecified atom stereocenters. The molecule has 0 radical (unpaired) electrons. The van der Waals surface area contributed by atoms with E-state index < -0.39 is 0 Å². The van der Waals surface area contributed by atoms with E-state index >= 15 is 0 Å². The van der Waals surface area contributed by atoms with Gasteiger partial charge in [0.25, 0.3) is 0 Å². The molecule has 0 fully saturated rings. The zero-order valence-corrected chi connectivity index (χ0v) is 13.4. The summed E-state index contributed by atoms with van der Waals surface area (Å²) in [4.78, 5) is 18.9. The molecular formula is C19H22N2O. The fraction of sp³-hybridized carbons (Fsp3) is 0.368. The summed E-state index contributed by atoms with van der Waals surface area (Å²) in [6.07, 6.45) is 4.57. The van der Waals surface area contributed by atoms with Gasteiger partial charge in [0.15, 0.2) is 0 Å². The second-order valence-electron chi connectivity index (χ2n) is 6.33. The Hall–Kier alpha value is -2.16. The smallest absolute Gasteiger partial charge is 0.225 e. The lowest BCUT2D eigenvalue weighted by atomic mass is 9.87. The standard InChI is InChI=1S/C19H22N2O/c1-13(2)19(22)21-10-8-15-11-14(3)6-7-17(15)18(21)16-5-4-9-20-12-16/h4-7,9,11-13,18H,8,10H2,1-3H3. The van der Waals surface area contributed by atoms with Crippen molar-refractivity contribution in [2.75, 3.05) is 6.54 Å². The van der Waals surface area contributed by atoms with Gasteiger partial charge in [0.2, 0.25) is 5.91 Å². The number of nitrogens with zero attached hydrogens (tertiary/aromatic N) is 2. The van der Waals surface area contributed by atoms with Crippen LogP contribution >= 0.6 is 0 Å². The zero-order chi connectivity index (χ0) is 15.7. The molecule has 2 aromatic rings. The van der Waals surface area contributed by atoms with Crippen molar-refractivity contribution in [1.82, 2.24) is 9.88 Å². The number of carbonyl (C=O) groups is 1. The number of rotatable bonds is 2. The van der Waals surface area contributed by atoms with Crippen molar-refractivity contribution in [3.8, 4) is 0 Å². The zero-order valence-electron chi connectivity index (χ0n) is 13.4. The van der Waals surface area contributed by atoms with Crippen LogP contribution in [0.15, 0.2) is 42.7 Å². The second-order valence-corrected chi connectivity index (χ2v) is 6.33. The molecule has 0 saturated carbocycles. The fourth-order valence-corrected chi connectivity index (χ4v) is 3.22. The van der Waals surface area contributed by atoms with E-state index in [1.54, 1.807) is 6.20 Å². The van der Waals surface area contributed by atoms with Gasteiger partial charge in [0.1, 0.15) is 0 Å². The summed E-state index contributed by atoms with van der Waals surface area (Å²) < 4.78 is 0. The summed E-state index contributed by atoms with van der Waals surface area (Å²) in [7, 11) is 0. The Morgan fingerprint density at radius 3 is 2.82 bits per heavy atom. The molecule has 1 aliphatic heterocycles. The molecule has 0 bridgehead atoms. The SMILES string of the molecule is Cc1ccc2c(c1)CCN(C(=O)C(C)C)C2c1cccnc1. The Morgan fingerprint density at radius 2 is 2.14 bits per heavy atom. The molecule has 22 heavy (non-hydrogen) atoms. The normalized spacial score (nSPS) is 17.5. The third kappa shape index (κ3) is 2.63. The van der Waals surface area contributed by atoms with Crippen molar-refractivity contribution in [2.24, 2.45) is 5.92 Å². The number of carbonyl (C=O) groups excluding carboxylic acids is 1. The van der Waals surface area contributed by atoms with Gasteiger partial charge < -0.3 is 4.90 Å². The van der Waals surface area contributed by atoms with Crippen LogP contribution in [0.1, 0.15) is 42.1 Å². The highest BCUT2D eigenvalue weighted by atomic mass is 16.2. The Bertz CT molecular complexity index is 679. The third-order valence-electron chi connectivity index (χ3n) is 4.30. The van der Waals surface area contributed by atoms with E-state index in [9.17, 15) is 4.79 Å². The number of amides is 1. The van der Waals surface area contributed by atoms with Crippen LogP contribution in [0.4, 0.5) is 0 Å². The fourth-order valence-electron chi connectivity index (χ4n) is 3.22. The molecule has 0 N–H and O–H groups in total. The number of benzene rings is 1. The summed E-state index contributed by atoms with van der Waals surface area (Å²) in [6.45, 7) is 6.82.